The molecule has 0 radical (unpaired) electrons. The first-order valence-corrected chi connectivity index (χ1v) is 7.29. The van der Waals surface area contributed by atoms with Crippen LogP contribution < -0.4 is 10.1 Å². The topological polar surface area (TPSA) is 38.3 Å². The van der Waals surface area contributed by atoms with Crippen molar-refractivity contribution in [3.8, 4) is 5.75 Å². The van der Waals surface area contributed by atoms with E-state index >= 15 is 0 Å². The second kappa shape index (κ2) is 7.46. The third kappa shape index (κ3) is 4.22. The van der Waals surface area contributed by atoms with Crippen molar-refractivity contribution >= 4 is 11.6 Å². The molecule has 2 rings (SSSR count). The Kier molecular flexibility index (Phi) is 5.37. The van der Waals surface area contributed by atoms with Crippen molar-refractivity contribution in [1.29, 1.82) is 0 Å². The highest BCUT2D eigenvalue weighted by Crippen LogP contribution is 2.19. The minimum absolute atomic E-state index is 0.0124. The lowest BCUT2D eigenvalue weighted by molar-refractivity contribution is -0.118. The van der Waals surface area contributed by atoms with Crippen molar-refractivity contribution in [1.82, 2.24) is 0 Å². The zero-order valence-electron chi connectivity index (χ0n) is 13.1. The van der Waals surface area contributed by atoms with E-state index in [-0.39, 0.29) is 12.5 Å². The van der Waals surface area contributed by atoms with Gasteiger partial charge in [0.15, 0.2) is 6.61 Å². The minimum Gasteiger partial charge on any atom is -0.483 e. The van der Waals surface area contributed by atoms with Crippen LogP contribution in [0.2, 0.25) is 0 Å². The molecule has 1 N–H and O–H groups in total. The summed E-state index contributed by atoms with van der Waals surface area (Å²) in [6.07, 6.45) is 2.53. The summed E-state index contributed by atoms with van der Waals surface area (Å²) >= 11 is 0. The van der Waals surface area contributed by atoms with Gasteiger partial charge in [0.25, 0.3) is 5.91 Å². The van der Waals surface area contributed by atoms with E-state index in [9.17, 15) is 4.79 Å². The number of carbonyl (C=O) groups excluding carboxylic acids is 1. The monoisotopic (exact) mass is 295 g/mol. The van der Waals surface area contributed by atoms with Gasteiger partial charge in [-0.1, -0.05) is 36.4 Å². The molecule has 0 aliphatic rings. The van der Waals surface area contributed by atoms with Gasteiger partial charge in [0.2, 0.25) is 0 Å². The minimum atomic E-state index is -0.165. The molecule has 0 aromatic heterocycles. The molecular formula is C19H21NO2. The van der Waals surface area contributed by atoms with Crippen LogP contribution >= 0.6 is 0 Å². The number of carbonyl (C=O) groups is 1. The van der Waals surface area contributed by atoms with Gasteiger partial charge in [0.05, 0.1) is 0 Å². The molecule has 0 saturated heterocycles. The Hall–Kier alpha value is -2.55. The highest BCUT2D eigenvalue weighted by atomic mass is 16.5. The number of para-hydroxylation sites is 1. The SMILES string of the molecule is C=CCc1ccccc1OCC(=O)Nc1cc(C)ccc1C. The van der Waals surface area contributed by atoms with Crippen LogP contribution in [0, 0.1) is 13.8 Å². The highest BCUT2D eigenvalue weighted by molar-refractivity contribution is 5.92. The van der Waals surface area contributed by atoms with E-state index in [0.29, 0.717) is 0 Å². The van der Waals surface area contributed by atoms with Gasteiger partial charge in [0, 0.05) is 5.69 Å². The molecule has 2 aromatic carbocycles. The summed E-state index contributed by atoms with van der Waals surface area (Å²) in [6, 6.07) is 13.6. The number of hydrogen-bond acceptors (Lipinski definition) is 2. The van der Waals surface area contributed by atoms with Crippen molar-refractivity contribution in [2.24, 2.45) is 0 Å². The van der Waals surface area contributed by atoms with Crippen LogP contribution in [0.1, 0.15) is 16.7 Å². The van der Waals surface area contributed by atoms with E-state index in [1.807, 2.05) is 62.4 Å². The second-order valence-corrected chi connectivity index (χ2v) is 5.26. The van der Waals surface area contributed by atoms with Crippen LogP contribution in [-0.4, -0.2) is 12.5 Å². The molecule has 3 heteroatoms. The molecule has 0 fully saturated rings. The van der Waals surface area contributed by atoms with Gasteiger partial charge >= 0.3 is 0 Å². The van der Waals surface area contributed by atoms with E-state index in [0.717, 1.165) is 34.5 Å². The van der Waals surface area contributed by atoms with Crippen LogP contribution in [0.4, 0.5) is 5.69 Å². The molecule has 22 heavy (non-hydrogen) atoms. The molecule has 0 atom stereocenters. The lowest BCUT2D eigenvalue weighted by Gasteiger charge is -2.12. The first-order valence-electron chi connectivity index (χ1n) is 7.29. The van der Waals surface area contributed by atoms with Gasteiger partial charge in [-0.05, 0) is 49.1 Å². The van der Waals surface area contributed by atoms with Gasteiger partial charge in [-0.2, -0.15) is 0 Å². The summed E-state index contributed by atoms with van der Waals surface area (Å²) in [5.41, 5.74) is 3.99. The lowest BCUT2D eigenvalue weighted by Crippen LogP contribution is -2.21. The van der Waals surface area contributed by atoms with E-state index < -0.39 is 0 Å². The smallest absolute Gasteiger partial charge is 0.262 e. The van der Waals surface area contributed by atoms with Gasteiger partial charge in [-0.15, -0.1) is 6.58 Å². The summed E-state index contributed by atoms with van der Waals surface area (Å²) in [6.45, 7) is 7.68. The molecule has 0 bridgehead atoms. The molecule has 0 aliphatic carbocycles. The Morgan fingerprint density at radius 1 is 1.23 bits per heavy atom. The van der Waals surface area contributed by atoms with Crippen molar-refractivity contribution in [2.45, 2.75) is 20.3 Å². The van der Waals surface area contributed by atoms with Crippen molar-refractivity contribution in [3.63, 3.8) is 0 Å². The average molecular weight is 295 g/mol. The molecule has 114 valence electrons. The van der Waals surface area contributed by atoms with Crippen LogP contribution in [0.15, 0.2) is 55.1 Å². The number of rotatable bonds is 6. The van der Waals surface area contributed by atoms with Gasteiger partial charge in [-0.25, -0.2) is 0 Å². The Morgan fingerprint density at radius 3 is 2.77 bits per heavy atom. The fourth-order valence-electron chi connectivity index (χ4n) is 2.17. The number of amides is 1. The predicted molar refractivity (Wildman–Crippen MR) is 90.4 cm³/mol. The Balaban J connectivity index is 1.98. The van der Waals surface area contributed by atoms with Gasteiger partial charge in [0.1, 0.15) is 5.75 Å². The fourth-order valence-corrected chi connectivity index (χ4v) is 2.17. The Morgan fingerprint density at radius 2 is 2.00 bits per heavy atom. The maximum atomic E-state index is 12.1. The molecule has 0 unspecified atom stereocenters. The number of ether oxygens (including phenoxy) is 1. The molecule has 0 saturated carbocycles. The molecule has 3 nitrogen and oxygen atoms in total. The predicted octanol–water partition coefficient (Wildman–Crippen LogP) is 4.05. The molecule has 2 aromatic rings. The van der Waals surface area contributed by atoms with Crippen LogP contribution in [0.3, 0.4) is 0 Å². The molecule has 0 aliphatic heterocycles. The Labute approximate surface area is 131 Å². The number of hydrogen-bond donors (Lipinski definition) is 1. The molecule has 0 spiro atoms. The molecule has 1 amide bonds. The first-order chi connectivity index (χ1) is 10.6. The van der Waals surface area contributed by atoms with E-state index in [2.05, 4.69) is 11.9 Å². The van der Waals surface area contributed by atoms with Crippen molar-refractivity contribution in [3.05, 3.63) is 71.8 Å². The highest BCUT2D eigenvalue weighted by Gasteiger charge is 2.08. The van der Waals surface area contributed by atoms with Gasteiger partial charge in [-0.3, -0.25) is 4.79 Å². The van der Waals surface area contributed by atoms with Crippen LogP contribution in [0.5, 0.6) is 5.75 Å². The second-order valence-electron chi connectivity index (χ2n) is 5.26. The quantitative estimate of drug-likeness (QED) is 0.816. The summed E-state index contributed by atoms with van der Waals surface area (Å²) in [5.74, 6) is 0.556. The fraction of sp³-hybridized carbons (Fsp3) is 0.211. The maximum Gasteiger partial charge on any atom is 0.262 e. The van der Waals surface area contributed by atoms with Crippen molar-refractivity contribution in [2.75, 3.05) is 11.9 Å². The number of allylic oxidation sites excluding steroid dienone is 1. The maximum absolute atomic E-state index is 12.1. The van der Waals surface area contributed by atoms with Crippen molar-refractivity contribution < 1.29 is 9.53 Å². The third-order valence-electron chi connectivity index (χ3n) is 3.36. The number of anilines is 1. The lowest BCUT2D eigenvalue weighted by atomic mass is 10.1. The number of nitrogens with one attached hydrogen (secondary N) is 1. The Bertz CT molecular complexity index is 677. The summed E-state index contributed by atoms with van der Waals surface area (Å²) in [4.78, 5) is 12.1. The van der Waals surface area contributed by atoms with E-state index in [4.69, 9.17) is 4.74 Å². The molecular weight excluding hydrogens is 274 g/mol. The normalized spacial score (nSPS) is 10.1. The third-order valence-corrected chi connectivity index (χ3v) is 3.36. The number of aryl methyl sites for hydroxylation is 2. The van der Waals surface area contributed by atoms with Crippen LogP contribution in [0.25, 0.3) is 0 Å². The standard InChI is InChI=1S/C19H21NO2/c1-4-7-16-8-5-6-9-18(16)22-13-19(21)20-17-12-14(2)10-11-15(17)3/h4-6,8-12H,1,7,13H2,2-3H3,(H,20,21). The summed E-state index contributed by atoms with van der Waals surface area (Å²) in [5, 5.41) is 2.89. The molecule has 0 heterocycles. The zero-order valence-corrected chi connectivity index (χ0v) is 13.1. The first kappa shape index (κ1) is 15.8. The largest absolute Gasteiger partial charge is 0.483 e. The van der Waals surface area contributed by atoms with E-state index in [1.54, 1.807) is 0 Å². The van der Waals surface area contributed by atoms with Crippen LogP contribution in [-0.2, 0) is 11.2 Å². The summed E-state index contributed by atoms with van der Waals surface area (Å²) in [7, 11) is 0. The van der Waals surface area contributed by atoms with E-state index in [1.165, 1.54) is 0 Å². The zero-order chi connectivity index (χ0) is 15.9. The number of benzene rings is 2. The average Bonchev–Trinajstić information content (AvgIpc) is 2.50. The summed E-state index contributed by atoms with van der Waals surface area (Å²) < 4.78 is 5.63. The van der Waals surface area contributed by atoms with Gasteiger partial charge < -0.3 is 10.1 Å².